The van der Waals surface area contributed by atoms with Gasteiger partial charge in [-0.1, -0.05) is 19.3 Å². The van der Waals surface area contributed by atoms with Crippen LogP contribution in [0, 0.1) is 0 Å². The van der Waals surface area contributed by atoms with Crippen LogP contribution in [-0.2, 0) is 4.79 Å². The van der Waals surface area contributed by atoms with Gasteiger partial charge in [0.1, 0.15) is 0 Å². The Hall–Kier alpha value is -0.570. The van der Waals surface area contributed by atoms with Gasteiger partial charge in [-0.05, 0) is 26.8 Å². The molecule has 0 aromatic heterocycles. The molecule has 13 heavy (non-hydrogen) atoms. The molecule has 0 aromatic rings. The minimum Gasteiger partial charge on any atom is -0.352 e. The number of likely N-dealkylation sites (N-methyl/N-ethyl adjacent to an activating group) is 1. The summed E-state index contributed by atoms with van der Waals surface area (Å²) in [6, 6.07) is 0.360. The maximum absolute atomic E-state index is 11.5. The Morgan fingerprint density at radius 1 is 1.31 bits per heavy atom. The summed E-state index contributed by atoms with van der Waals surface area (Å²) in [5, 5.41) is 6.01. The van der Waals surface area contributed by atoms with Crippen molar-refractivity contribution in [2.24, 2.45) is 0 Å². The smallest absolute Gasteiger partial charge is 0.237 e. The predicted molar refractivity (Wildman–Crippen MR) is 53.5 cm³/mol. The highest BCUT2D eigenvalue weighted by Crippen LogP contribution is 2.17. The zero-order valence-corrected chi connectivity index (χ0v) is 8.60. The van der Waals surface area contributed by atoms with Gasteiger partial charge in [-0.3, -0.25) is 4.79 Å². The summed E-state index contributed by atoms with van der Waals surface area (Å²) in [6.07, 6.45) is 6.16. The Balaban J connectivity index is 2.26. The lowest BCUT2D eigenvalue weighted by atomic mass is 9.95. The van der Waals surface area contributed by atoms with Gasteiger partial charge in [0.2, 0.25) is 5.91 Å². The van der Waals surface area contributed by atoms with E-state index in [0.717, 1.165) is 12.8 Å². The van der Waals surface area contributed by atoms with Crippen LogP contribution in [0.2, 0.25) is 0 Å². The summed E-state index contributed by atoms with van der Waals surface area (Å²) in [5.74, 6) is 0.134. The predicted octanol–water partition coefficient (Wildman–Crippen LogP) is 1.04. The SMILES string of the molecule is CNC(C)C(=O)NC1CCCCC1. The van der Waals surface area contributed by atoms with Gasteiger partial charge in [0.25, 0.3) is 0 Å². The van der Waals surface area contributed by atoms with Gasteiger partial charge >= 0.3 is 0 Å². The van der Waals surface area contributed by atoms with E-state index in [1.54, 1.807) is 0 Å². The minimum absolute atomic E-state index is 0.0677. The summed E-state index contributed by atoms with van der Waals surface area (Å²) >= 11 is 0. The monoisotopic (exact) mass is 184 g/mol. The van der Waals surface area contributed by atoms with E-state index in [-0.39, 0.29) is 11.9 Å². The zero-order chi connectivity index (χ0) is 9.68. The van der Waals surface area contributed by atoms with E-state index in [1.807, 2.05) is 14.0 Å². The van der Waals surface area contributed by atoms with Crippen LogP contribution >= 0.6 is 0 Å². The Kier molecular flexibility index (Phi) is 4.22. The number of hydrogen-bond acceptors (Lipinski definition) is 2. The van der Waals surface area contributed by atoms with Crippen LogP contribution < -0.4 is 10.6 Å². The molecule has 1 aliphatic rings. The summed E-state index contributed by atoms with van der Waals surface area (Å²) < 4.78 is 0. The molecule has 1 unspecified atom stereocenters. The molecule has 0 heterocycles. The van der Waals surface area contributed by atoms with E-state index >= 15 is 0 Å². The first-order valence-corrected chi connectivity index (χ1v) is 5.21. The molecule has 0 spiro atoms. The highest BCUT2D eigenvalue weighted by molar-refractivity contribution is 5.81. The molecule has 1 rings (SSSR count). The number of hydrogen-bond donors (Lipinski definition) is 2. The van der Waals surface area contributed by atoms with Crippen molar-refractivity contribution in [1.82, 2.24) is 10.6 Å². The maximum Gasteiger partial charge on any atom is 0.237 e. The molecular weight excluding hydrogens is 164 g/mol. The first-order chi connectivity index (χ1) is 6.24. The van der Waals surface area contributed by atoms with Crippen molar-refractivity contribution in [3.8, 4) is 0 Å². The molecule has 0 saturated heterocycles. The van der Waals surface area contributed by atoms with Crippen LogP contribution in [0.3, 0.4) is 0 Å². The van der Waals surface area contributed by atoms with Crippen molar-refractivity contribution in [1.29, 1.82) is 0 Å². The lowest BCUT2D eigenvalue weighted by molar-refractivity contribution is -0.123. The quantitative estimate of drug-likeness (QED) is 0.688. The highest BCUT2D eigenvalue weighted by atomic mass is 16.2. The second kappa shape index (κ2) is 5.22. The van der Waals surface area contributed by atoms with E-state index < -0.39 is 0 Å². The zero-order valence-electron chi connectivity index (χ0n) is 8.60. The van der Waals surface area contributed by atoms with Crippen molar-refractivity contribution in [2.45, 2.75) is 51.1 Å². The van der Waals surface area contributed by atoms with Gasteiger partial charge in [-0.25, -0.2) is 0 Å². The molecule has 3 nitrogen and oxygen atoms in total. The van der Waals surface area contributed by atoms with Crippen LogP contribution in [0.25, 0.3) is 0 Å². The molecule has 1 fully saturated rings. The van der Waals surface area contributed by atoms with E-state index in [9.17, 15) is 4.79 Å². The molecule has 0 aromatic carbocycles. The lowest BCUT2D eigenvalue weighted by Crippen LogP contribution is -2.45. The number of amides is 1. The van der Waals surface area contributed by atoms with E-state index in [2.05, 4.69) is 10.6 Å². The van der Waals surface area contributed by atoms with Crippen molar-refractivity contribution in [3.05, 3.63) is 0 Å². The van der Waals surface area contributed by atoms with Crippen molar-refractivity contribution in [3.63, 3.8) is 0 Å². The second-order valence-electron chi connectivity index (χ2n) is 3.85. The fourth-order valence-corrected chi connectivity index (χ4v) is 1.70. The molecule has 1 amide bonds. The molecule has 0 radical (unpaired) electrons. The van der Waals surface area contributed by atoms with Crippen molar-refractivity contribution >= 4 is 5.91 Å². The highest BCUT2D eigenvalue weighted by Gasteiger charge is 2.17. The van der Waals surface area contributed by atoms with Crippen LogP contribution in [0.5, 0.6) is 0 Å². The Morgan fingerprint density at radius 3 is 2.46 bits per heavy atom. The second-order valence-corrected chi connectivity index (χ2v) is 3.85. The third-order valence-corrected chi connectivity index (χ3v) is 2.78. The molecule has 1 atom stereocenters. The molecule has 0 aliphatic heterocycles. The summed E-state index contributed by atoms with van der Waals surface area (Å²) in [7, 11) is 1.81. The van der Waals surface area contributed by atoms with Crippen molar-refractivity contribution in [2.75, 3.05) is 7.05 Å². The van der Waals surface area contributed by atoms with Crippen LogP contribution in [0.1, 0.15) is 39.0 Å². The minimum atomic E-state index is -0.0677. The van der Waals surface area contributed by atoms with Gasteiger partial charge in [0.15, 0.2) is 0 Å². The fourth-order valence-electron chi connectivity index (χ4n) is 1.70. The fraction of sp³-hybridized carbons (Fsp3) is 0.900. The standard InChI is InChI=1S/C10H20N2O/c1-8(11-2)10(13)12-9-6-4-3-5-7-9/h8-9,11H,3-7H2,1-2H3,(H,12,13). The van der Waals surface area contributed by atoms with E-state index in [0.29, 0.717) is 6.04 Å². The third-order valence-electron chi connectivity index (χ3n) is 2.78. The average molecular weight is 184 g/mol. The maximum atomic E-state index is 11.5. The van der Waals surface area contributed by atoms with E-state index in [1.165, 1.54) is 19.3 Å². The molecule has 2 N–H and O–H groups in total. The van der Waals surface area contributed by atoms with Crippen molar-refractivity contribution < 1.29 is 4.79 Å². The summed E-state index contributed by atoms with van der Waals surface area (Å²) in [5.41, 5.74) is 0. The van der Waals surface area contributed by atoms with Crippen LogP contribution in [-0.4, -0.2) is 25.0 Å². The summed E-state index contributed by atoms with van der Waals surface area (Å²) in [6.45, 7) is 1.89. The Morgan fingerprint density at radius 2 is 1.92 bits per heavy atom. The molecule has 1 aliphatic carbocycles. The first kappa shape index (κ1) is 10.5. The molecule has 3 heteroatoms. The average Bonchev–Trinajstić information content (AvgIpc) is 2.18. The molecule has 76 valence electrons. The van der Waals surface area contributed by atoms with Crippen LogP contribution in [0.4, 0.5) is 0 Å². The molecule has 0 bridgehead atoms. The molecular formula is C10H20N2O. The number of nitrogens with one attached hydrogen (secondary N) is 2. The van der Waals surface area contributed by atoms with Gasteiger partial charge < -0.3 is 10.6 Å². The van der Waals surface area contributed by atoms with Gasteiger partial charge in [0.05, 0.1) is 6.04 Å². The van der Waals surface area contributed by atoms with Crippen LogP contribution in [0.15, 0.2) is 0 Å². The normalized spacial score (nSPS) is 21.1. The molecule has 1 saturated carbocycles. The Bertz CT molecular complexity index is 164. The first-order valence-electron chi connectivity index (χ1n) is 5.21. The van der Waals surface area contributed by atoms with Gasteiger partial charge in [-0.15, -0.1) is 0 Å². The third kappa shape index (κ3) is 3.35. The largest absolute Gasteiger partial charge is 0.352 e. The summed E-state index contributed by atoms with van der Waals surface area (Å²) in [4.78, 5) is 11.5. The topological polar surface area (TPSA) is 41.1 Å². The van der Waals surface area contributed by atoms with Gasteiger partial charge in [0, 0.05) is 6.04 Å². The number of rotatable bonds is 3. The lowest BCUT2D eigenvalue weighted by Gasteiger charge is -2.24. The van der Waals surface area contributed by atoms with Gasteiger partial charge in [-0.2, -0.15) is 0 Å². The Labute approximate surface area is 80.3 Å². The number of carbonyl (C=O) groups is 1. The number of carbonyl (C=O) groups excluding carboxylic acids is 1. The van der Waals surface area contributed by atoms with E-state index in [4.69, 9.17) is 0 Å².